The van der Waals surface area contributed by atoms with Crippen molar-refractivity contribution in [1.82, 2.24) is 0 Å². The van der Waals surface area contributed by atoms with Gasteiger partial charge in [-0.15, -0.1) is 0 Å². The van der Waals surface area contributed by atoms with E-state index in [4.69, 9.17) is 5.73 Å². The van der Waals surface area contributed by atoms with Crippen LogP contribution in [-0.2, 0) is 6.42 Å². The highest BCUT2D eigenvalue weighted by Gasteiger charge is 2.13. The topological polar surface area (TPSA) is 26.0 Å². The lowest BCUT2D eigenvalue weighted by Crippen LogP contribution is -2.34. The normalized spacial score (nSPS) is 11.8. The molecule has 1 rings (SSSR count). The molecule has 0 spiro atoms. The van der Waals surface area contributed by atoms with Gasteiger partial charge in [0.2, 0.25) is 0 Å². The van der Waals surface area contributed by atoms with Gasteiger partial charge in [0.15, 0.2) is 0 Å². The summed E-state index contributed by atoms with van der Waals surface area (Å²) in [6.07, 6.45) is 0.898. The van der Waals surface area contributed by atoms with E-state index in [1.807, 2.05) is 13.8 Å². The molecule has 2 N–H and O–H groups in total. The molecule has 0 aliphatic rings. The molecule has 0 bridgehead atoms. The first-order valence-electron chi connectivity index (χ1n) is 4.42. The molecular weight excluding hydrogens is 226 g/mol. The van der Waals surface area contributed by atoms with Crippen molar-refractivity contribution in [2.75, 3.05) is 0 Å². The molecule has 0 atom stereocenters. The Kier molecular flexibility index (Phi) is 3.14. The van der Waals surface area contributed by atoms with Crippen LogP contribution < -0.4 is 5.73 Å². The van der Waals surface area contributed by atoms with E-state index in [1.165, 1.54) is 11.1 Å². The van der Waals surface area contributed by atoms with E-state index in [2.05, 4.69) is 41.1 Å². The van der Waals surface area contributed by atoms with Gasteiger partial charge in [-0.2, -0.15) is 0 Å². The third-order valence-corrected chi connectivity index (χ3v) is 2.62. The Balaban J connectivity index is 2.94. The van der Waals surface area contributed by atoms with Crippen LogP contribution in [-0.4, -0.2) is 5.54 Å². The summed E-state index contributed by atoms with van der Waals surface area (Å²) in [6, 6.07) is 6.35. The molecule has 0 saturated carbocycles. The first-order valence-corrected chi connectivity index (χ1v) is 5.22. The van der Waals surface area contributed by atoms with Crippen molar-refractivity contribution in [2.45, 2.75) is 32.7 Å². The fourth-order valence-electron chi connectivity index (χ4n) is 1.33. The van der Waals surface area contributed by atoms with Gasteiger partial charge in [0.1, 0.15) is 0 Å². The number of hydrogen-bond donors (Lipinski definition) is 1. The minimum absolute atomic E-state index is 0.143. The summed E-state index contributed by atoms with van der Waals surface area (Å²) in [4.78, 5) is 0. The van der Waals surface area contributed by atoms with E-state index in [-0.39, 0.29) is 5.54 Å². The summed E-state index contributed by atoms with van der Waals surface area (Å²) in [7, 11) is 0. The van der Waals surface area contributed by atoms with E-state index in [0.29, 0.717) is 0 Å². The second kappa shape index (κ2) is 3.81. The maximum Gasteiger partial charge on any atom is 0.0208 e. The van der Waals surface area contributed by atoms with Gasteiger partial charge < -0.3 is 5.73 Å². The molecule has 0 fully saturated rings. The Bertz CT molecular complexity index is 299. The van der Waals surface area contributed by atoms with Gasteiger partial charge in [0, 0.05) is 10.0 Å². The largest absolute Gasteiger partial charge is 0.325 e. The summed E-state index contributed by atoms with van der Waals surface area (Å²) >= 11 is 3.53. The van der Waals surface area contributed by atoms with Gasteiger partial charge in [0.05, 0.1) is 0 Å². The monoisotopic (exact) mass is 241 g/mol. The van der Waals surface area contributed by atoms with Crippen LogP contribution in [0, 0.1) is 6.92 Å². The van der Waals surface area contributed by atoms with E-state index in [1.54, 1.807) is 0 Å². The summed E-state index contributed by atoms with van der Waals surface area (Å²) in [5, 5.41) is 0. The smallest absolute Gasteiger partial charge is 0.0208 e. The van der Waals surface area contributed by atoms with E-state index >= 15 is 0 Å². The molecule has 0 aromatic heterocycles. The van der Waals surface area contributed by atoms with Crippen molar-refractivity contribution in [3.05, 3.63) is 33.8 Å². The molecule has 1 aromatic carbocycles. The maximum absolute atomic E-state index is 5.97. The molecule has 0 amide bonds. The Labute approximate surface area is 88.5 Å². The Hall–Kier alpha value is -0.340. The minimum atomic E-state index is -0.143. The average Bonchev–Trinajstić information content (AvgIpc) is 1.94. The number of halogens is 1. The van der Waals surface area contributed by atoms with Crippen LogP contribution in [0.25, 0.3) is 0 Å². The molecule has 13 heavy (non-hydrogen) atoms. The predicted octanol–water partition coefficient (Wildman–Crippen LogP) is 3.04. The summed E-state index contributed by atoms with van der Waals surface area (Å²) in [5.74, 6) is 0. The van der Waals surface area contributed by atoms with Gasteiger partial charge in [-0.1, -0.05) is 33.6 Å². The van der Waals surface area contributed by atoms with Crippen LogP contribution in [0.4, 0.5) is 0 Å². The molecule has 0 radical (unpaired) electrons. The summed E-state index contributed by atoms with van der Waals surface area (Å²) in [5.41, 5.74) is 8.39. The predicted molar refractivity (Wildman–Crippen MR) is 60.8 cm³/mol. The minimum Gasteiger partial charge on any atom is -0.325 e. The number of rotatable bonds is 2. The van der Waals surface area contributed by atoms with Crippen LogP contribution in [0.2, 0.25) is 0 Å². The first-order chi connectivity index (χ1) is 5.88. The van der Waals surface area contributed by atoms with E-state index < -0.39 is 0 Å². The van der Waals surface area contributed by atoms with E-state index in [0.717, 1.165) is 10.9 Å². The second-order valence-corrected chi connectivity index (χ2v) is 5.11. The lowest BCUT2D eigenvalue weighted by atomic mass is 9.95. The highest BCUT2D eigenvalue weighted by atomic mass is 79.9. The molecular formula is C11H16BrN. The van der Waals surface area contributed by atoms with E-state index in [9.17, 15) is 0 Å². The Morgan fingerprint density at radius 1 is 1.38 bits per heavy atom. The van der Waals surface area contributed by atoms with Crippen molar-refractivity contribution in [1.29, 1.82) is 0 Å². The standard InChI is InChI=1S/C11H16BrN/c1-8-4-5-10(12)9(6-8)7-11(2,3)13/h4-6H,7,13H2,1-3H3. The molecule has 1 nitrogen and oxygen atoms in total. The molecule has 0 aliphatic carbocycles. The zero-order valence-corrected chi connectivity index (χ0v) is 9.98. The third kappa shape index (κ3) is 3.49. The molecule has 0 unspecified atom stereocenters. The van der Waals surface area contributed by atoms with Crippen LogP contribution in [0.1, 0.15) is 25.0 Å². The van der Waals surface area contributed by atoms with Crippen molar-refractivity contribution >= 4 is 15.9 Å². The van der Waals surface area contributed by atoms with Crippen LogP contribution in [0.15, 0.2) is 22.7 Å². The summed E-state index contributed by atoms with van der Waals surface area (Å²) in [6.45, 7) is 6.18. The van der Waals surface area contributed by atoms with Crippen LogP contribution in [0.3, 0.4) is 0 Å². The number of benzene rings is 1. The molecule has 2 heteroatoms. The van der Waals surface area contributed by atoms with Crippen molar-refractivity contribution in [3.63, 3.8) is 0 Å². The first kappa shape index (κ1) is 10.7. The SMILES string of the molecule is Cc1ccc(Br)c(CC(C)(C)N)c1. The fourth-order valence-corrected chi connectivity index (χ4v) is 1.72. The van der Waals surface area contributed by atoms with Gasteiger partial charge >= 0.3 is 0 Å². The average molecular weight is 242 g/mol. The highest BCUT2D eigenvalue weighted by molar-refractivity contribution is 9.10. The molecule has 0 saturated heterocycles. The maximum atomic E-state index is 5.97. The molecule has 0 aliphatic heterocycles. The second-order valence-electron chi connectivity index (χ2n) is 4.26. The zero-order chi connectivity index (χ0) is 10.1. The number of hydrogen-bond acceptors (Lipinski definition) is 1. The van der Waals surface area contributed by atoms with Crippen molar-refractivity contribution in [2.24, 2.45) is 5.73 Å². The summed E-state index contributed by atoms with van der Waals surface area (Å²) < 4.78 is 1.15. The third-order valence-electron chi connectivity index (χ3n) is 1.85. The van der Waals surface area contributed by atoms with Gasteiger partial charge in [0.25, 0.3) is 0 Å². The Morgan fingerprint density at radius 2 is 2.00 bits per heavy atom. The number of aryl methyl sites for hydroxylation is 1. The fraction of sp³-hybridized carbons (Fsp3) is 0.455. The zero-order valence-electron chi connectivity index (χ0n) is 8.39. The molecule has 72 valence electrons. The number of nitrogens with two attached hydrogens (primary N) is 1. The molecule has 0 heterocycles. The van der Waals surface area contributed by atoms with Gasteiger partial charge in [-0.05, 0) is 38.8 Å². The highest BCUT2D eigenvalue weighted by Crippen LogP contribution is 2.21. The molecule has 1 aromatic rings. The van der Waals surface area contributed by atoms with Crippen LogP contribution in [0.5, 0.6) is 0 Å². The van der Waals surface area contributed by atoms with Gasteiger partial charge in [-0.25, -0.2) is 0 Å². The quantitative estimate of drug-likeness (QED) is 0.847. The van der Waals surface area contributed by atoms with Crippen molar-refractivity contribution < 1.29 is 0 Å². The Morgan fingerprint density at radius 3 is 2.54 bits per heavy atom. The van der Waals surface area contributed by atoms with Crippen molar-refractivity contribution in [3.8, 4) is 0 Å². The lowest BCUT2D eigenvalue weighted by Gasteiger charge is -2.19. The lowest BCUT2D eigenvalue weighted by molar-refractivity contribution is 0.515. The van der Waals surface area contributed by atoms with Crippen LogP contribution >= 0.6 is 15.9 Å². The van der Waals surface area contributed by atoms with Gasteiger partial charge in [-0.3, -0.25) is 0 Å².